The number of hydrogen-bond donors (Lipinski definition) is 2. The number of carbonyl (C=O) groups is 1. The normalized spacial score (nSPS) is 16.9. The van der Waals surface area contributed by atoms with E-state index in [1.807, 2.05) is 36.9 Å². The minimum atomic E-state index is -0.0384. The Labute approximate surface area is 123 Å². The molecule has 0 saturated carbocycles. The second-order valence-corrected chi connectivity index (χ2v) is 5.62. The molecule has 4 heteroatoms. The number of nitrogen functional groups attached to an aromatic ring is 1. The number of nitrogens with two attached hydrogens (primary N) is 1. The zero-order chi connectivity index (χ0) is 15.1. The predicted molar refractivity (Wildman–Crippen MR) is 83.7 cm³/mol. The van der Waals surface area contributed by atoms with E-state index >= 15 is 0 Å². The molecule has 1 amide bonds. The van der Waals surface area contributed by atoms with Gasteiger partial charge < -0.3 is 15.7 Å². The van der Waals surface area contributed by atoms with Gasteiger partial charge in [0.05, 0.1) is 0 Å². The van der Waals surface area contributed by atoms with E-state index in [-0.39, 0.29) is 17.7 Å². The van der Waals surface area contributed by atoms with Crippen molar-refractivity contribution < 1.29 is 9.90 Å². The average Bonchev–Trinajstić information content (AvgIpc) is 2.73. The minimum absolute atomic E-state index is 0.0384. The molecule has 108 valence electrons. The number of fused-ring (bicyclic) bond motifs is 1. The Kier molecular flexibility index (Phi) is 3.09. The molecular formula is C17H18N2O2. The summed E-state index contributed by atoms with van der Waals surface area (Å²) in [5, 5.41) is 9.49. The van der Waals surface area contributed by atoms with E-state index in [0.717, 1.165) is 28.9 Å². The van der Waals surface area contributed by atoms with Crippen LogP contribution in [0.15, 0.2) is 36.4 Å². The van der Waals surface area contributed by atoms with Crippen LogP contribution < -0.4 is 10.6 Å². The lowest BCUT2D eigenvalue weighted by Gasteiger charge is -2.23. The predicted octanol–water partition coefficient (Wildman–Crippen LogP) is 2.87. The van der Waals surface area contributed by atoms with Crippen LogP contribution in [0.4, 0.5) is 11.4 Å². The van der Waals surface area contributed by atoms with Crippen molar-refractivity contribution in [3.8, 4) is 5.75 Å². The number of phenols is 1. The lowest BCUT2D eigenvalue weighted by atomic mass is 10.1. The fourth-order valence-electron chi connectivity index (χ4n) is 2.98. The number of nitrogens with zero attached hydrogens (tertiary/aromatic N) is 1. The van der Waals surface area contributed by atoms with Gasteiger partial charge in [0, 0.05) is 23.0 Å². The van der Waals surface area contributed by atoms with Gasteiger partial charge in [-0.05, 0) is 67.8 Å². The number of anilines is 2. The highest BCUT2D eigenvalue weighted by molar-refractivity contribution is 6.08. The Hall–Kier alpha value is -2.49. The topological polar surface area (TPSA) is 66.6 Å². The molecule has 4 nitrogen and oxygen atoms in total. The summed E-state index contributed by atoms with van der Waals surface area (Å²) in [7, 11) is 0. The molecule has 2 aromatic rings. The second kappa shape index (κ2) is 4.81. The molecule has 0 saturated heterocycles. The van der Waals surface area contributed by atoms with Gasteiger partial charge in [0.15, 0.2) is 0 Å². The number of phenolic OH excluding ortho intramolecular Hbond substituents is 1. The number of amides is 1. The number of benzene rings is 2. The van der Waals surface area contributed by atoms with E-state index in [9.17, 15) is 9.90 Å². The summed E-state index contributed by atoms with van der Waals surface area (Å²) < 4.78 is 0. The van der Waals surface area contributed by atoms with Crippen molar-refractivity contribution in [2.45, 2.75) is 26.3 Å². The fourth-order valence-corrected chi connectivity index (χ4v) is 2.98. The first-order valence-electron chi connectivity index (χ1n) is 6.99. The van der Waals surface area contributed by atoms with Crippen molar-refractivity contribution in [3.05, 3.63) is 53.1 Å². The van der Waals surface area contributed by atoms with Gasteiger partial charge in [-0.2, -0.15) is 0 Å². The molecule has 21 heavy (non-hydrogen) atoms. The first kappa shape index (κ1) is 13.5. The molecule has 0 fully saturated rings. The molecule has 0 bridgehead atoms. The molecule has 3 N–H and O–H groups in total. The number of aryl methyl sites for hydroxylation is 1. The molecule has 3 rings (SSSR count). The standard InChI is InChI=1S/C17H18N2O2/c1-10-7-14(20)4-5-15(10)17(21)19-11(2)8-12-9-13(18)3-6-16(12)19/h3-7,9,11,20H,8,18H2,1-2H3. The van der Waals surface area contributed by atoms with Crippen LogP contribution in [-0.4, -0.2) is 17.1 Å². The Bertz CT molecular complexity index is 725. The van der Waals surface area contributed by atoms with E-state index in [1.54, 1.807) is 18.2 Å². The molecule has 2 aromatic carbocycles. The summed E-state index contributed by atoms with van der Waals surface area (Å²) in [4.78, 5) is 14.7. The largest absolute Gasteiger partial charge is 0.508 e. The van der Waals surface area contributed by atoms with Crippen molar-refractivity contribution in [2.75, 3.05) is 10.6 Å². The van der Waals surface area contributed by atoms with Gasteiger partial charge in [-0.15, -0.1) is 0 Å². The quantitative estimate of drug-likeness (QED) is 0.790. The molecule has 0 aromatic heterocycles. The van der Waals surface area contributed by atoms with Crippen LogP contribution in [0, 0.1) is 6.92 Å². The Morgan fingerprint density at radius 2 is 2.05 bits per heavy atom. The average molecular weight is 282 g/mol. The Balaban J connectivity index is 2.03. The Morgan fingerprint density at radius 3 is 2.76 bits per heavy atom. The number of aromatic hydroxyl groups is 1. The third-order valence-corrected chi connectivity index (χ3v) is 3.98. The van der Waals surface area contributed by atoms with Crippen LogP contribution in [0.2, 0.25) is 0 Å². The van der Waals surface area contributed by atoms with Crippen LogP contribution in [-0.2, 0) is 6.42 Å². The number of hydrogen-bond acceptors (Lipinski definition) is 3. The van der Waals surface area contributed by atoms with Crippen LogP contribution in [0.25, 0.3) is 0 Å². The highest BCUT2D eigenvalue weighted by Crippen LogP contribution is 2.35. The van der Waals surface area contributed by atoms with E-state index in [2.05, 4.69) is 0 Å². The van der Waals surface area contributed by atoms with E-state index < -0.39 is 0 Å². The first-order chi connectivity index (χ1) is 9.97. The lowest BCUT2D eigenvalue weighted by Crippen LogP contribution is -2.36. The van der Waals surface area contributed by atoms with Crippen molar-refractivity contribution in [2.24, 2.45) is 0 Å². The molecule has 0 aliphatic carbocycles. The van der Waals surface area contributed by atoms with Gasteiger partial charge in [-0.1, -0.05) is 0 Å². The molecule has 1 atom stereocenters. The monoisotopic (exact) mass is 282 g/mol. The zero-order valence-corrected chi connectivity index (χ0v) is 12.1. The summed E-state index contributed by atoms with van der Waals surface area (Å²) in [6.07, 6.45) is 0.809. The minimum Gasteiger partial charge on any atom is -0.508 e. The van der Waals surface area contributed by atoms with Crippen molar-refractivity contribution in [3.63, 3.8) is 0 Å². The van der Waals surface area contributed by atoms with Gasteiger partial charge in [0.1, 0.15) is 5.75 Å². The summed E-state index contributed by atoms with van der Waals surface area (Å²) in [5.74, 6) is 0.134. The highest BCUT2D eigenvalue weighted by atomic mass is 16.3. The third kappa shape index (κ3) is 2.23. The summed E-state index contributed by atoms with van der Waals surface area (Å²) >= 11 is 0. The van der Waals surface area contributed by atoms with Gasteiger partial charge in [-0.25, -0.2) is 0 Å². The third-order valence-electron chi connectivity index (χ3n) is 3.98. The number of rotatable bonds is 1. The summed E-state index contributed by atoms with van der Waals surface area (Å²) in [5.41, 5.74) is 9.96. The van der Waals surface area contributed by atoms with E-state index in [4.69, 9.17) is 5.73 Å². The van der Waals surface area contributed by atoms with Gasteiger partial charge in [-0.3, -0.25) is 4.79 Å². The van der Waals surface area contributed by atoms with E-state index in [0.29, 0.717) is 5.56 Å². The number of carbonyl (C=O) groups excluding carboxylic acids is 1. The van der Waals surface area contributed by atoms with Gasteiger partial charge in [0.2, 0.25) is 0 Å². The van der Waals surface area contributed by atoms with Crippen molar-refractivity contribution >= 4 is 17.3 Å². The second-order valence-electron chi connectivity index (χ2n) is 5.62. The molecule has 1 heterocycles. The van der Waals surface area contributed by atoms with Crippen LogP contribution >= 0.6 is 0 Å². The molecule has 1 aliphatic rings. The summed E-state index contributed by atoms with van der Waals surface area (Å²) in [6.45, 7) is 3.86. The highest BCUT2D eigenvalue weighted by Gasteiger charge is 2.32. The maximum absolute atomic E-state index is 12.9. The first-order valence-corrected chi connectivity index (χ1v) is 6.99. The maximum atomic E-state index is 12.9. The molecule has 0 spiro atoms. The smallest absolute Gasteiger partial charge is 0.258 e. The molecular weight excluding hydrogens is 264 g/mol. The lowest BCUT2D eigenvalue weighted by molar-refractivity contribution is 0.0981. The van der Waals surface area contributed by atoms with Crippen molar-refractivity contribution in [1.82, 2.24) is 0 Å². The Morgan fingerprint density at radius 1 is 1.29 bits per heavy atom. The van der Waals surface area contributed by atoms with Gasteiger partial charge in [0.25, 0.3) is 5.91 Å². The van der Waals surface area contributed by atoms with Gasteiger partial charge >= 0.3 is 0 Å². The molecule has 1 aliphatic heterocycles. The van der Waals surface area contributed by atoms with Crippen LogP contribution in [0.5, 0.6) is 5.75 Å². The summed E-state index contributed by atoms with van der Waals surface area (Å²) in [6, 6.07) is 10.6. The van der Waals surface area contributed by atoms with Crippen LogP contribution in [0.3, 0.4) is 0 Å². The maximum Gasteiger partial charge on any atom is 0.258 e. The SMILES string of the molecule is Cc1cc(O)ccc1C(=O)N1c2ccc(N)cc2CC1C. The van der Waals surface area contributed by atoms with Crippen LogP contribution in [0.1, 0.15) is 28.4 Å². The molecule has 1 unspecified atom stereocenters. The zero-order valence-electron chi connectivity index (χ0n) is 12.1. The molecule has 0 radical (unpaired) electrons. The fraction of sp³-hybridized carbons (Fsp3) is 0.235. The van der Waals surface area contributed by atoms with E-state index in [1.165, 1.54) is 0 Å². The van der Waals surface area contributed by atoms with Crippen molar-refractivity contribution in [1.29, 1.82) is 0 Å².